The summed E-state index contributed by atoms with van der Waals surface area (Å²) in [5.41, 5.74) is 0. The van der Waals surface area contributed by atoms with Crippen molar-refractivity contribution < 1.29 is 8.42 Å². The topological polar surface area (TPSA) is 49.4 Å². The fourth-order valence-electron chi connectivity index (χ4n) is 1.99. The van der Waals surface area contributed by atoms with Gasteiger partial charge in [-0.15, -0.1) is 0 Å². The van der Waals surface area contributed by atoms with Gasteiger partial charge in [-0.1, -0.05) is 0 Å². The molecule has 5 heteroatoms. The van der Waals surface area contributed by atoms with Crippen LogP contribution in [0.25, 0.3) is 0 Å². The summed E-state index contributed by atoms with van der Waals surface area (Å²) in [4.78, 5) is 2.17. The van der Waals surface area contributed by atoms with E-state index < -0.39 is 9.84 Å². The maximum Gasteiger partial charge on any atom is 0.150 e. The molecule has 1 aliphatic rings. The van der Waals surface area contributed by atoms with Gasteiger partial charge in [0.05, 0.1) is 11.5 Å². The van der Waals surface area contributed by atoms with E-state index in [1.165, 1.54) is 0 Å². The summed E-state index contributed by atoms with van der Waals surface area (Å²) >= 11 is 0. The quantitative estimate of drug-likeness (QED) is 0.769. The van der Waals surface area contributed by atoms with Crippen molar-refractivity contribution in [3.05, 3.63) is 0 Å². The number of nitrogens with zero attached hydrogens (tertiary/aromatic N) is 1. The molecule has 1 heterocycles. The van der Waals surface area contributed by atoms with Crippen molar-refractivity contribution >= 4 is 9.84 Å². The van der Waals surface area contributed by atoms with Gasteiger partial charge in [0.25, 0.3) is 0 Å². The Kier molecular flexibility index (Phi) is 5.21. The number of rotatable bonds is 5. The van der Waals surface area contributed by atoms with E-state index >= 15 is 0 Å². The van der Waals surface area contributed by atoms with E-state index in [9.17, 15) is 8.42 Å². The van der Waals surface area contributed by atoms with Crippen LogP contribution in [0.2, 0.25) is 0 Å². The first-order valence-corrected chi connectivity index (χ1v) is 7.82. The van der Waals surface area contributed by atoms with Crippen LogP contribution in [-0.4, -0.2) is 57.5 Å². The summed E-state index contributed by atoms with van der Waals surface area (Å²) in [7, 11) is 1.41. The van der Waals surface area contributed by atoms with Gasteiger partial charge in [0.2, 0.25) is 0 Å². The third-order valence-electron chi connectivity index (χ3n) is 3.08. The Bertz CT molecular complexity index is 287. The Balaban J connectivity index is 2.23. The Labute approximate surface area is 99.3 Å². The van der Waals surface area contributed by atoms with Gasteiger partial charge < -0.3 is 10.2 Å². The van der Waals surface area contributed by atoms with Crippen molar-refractivity contribution in [1.29, 1.82) is 0 Å². The molecular formula is C11H24N2O2S. The summed E-state index contributed by atoms with van der Waals surface area (Å²) in [5, 5.41) is 3.52. The average molecular weight is 248 g/mol. The van der Waals surface area contributed by atoms with E-state index in [0.717, 1.165) is 25.8 Å². The average Bonchev–Trinajstić information content (AvgIpc) is 2.18. The number of nitrogens with one attached hydrogen (secondary N) is 1. The molecule has 1 unspecified atom stereocenters. The normalized spacial score (nSPS) is 23.5. The smallest absolute Gasteiger partial charge is 0.150 e. The molecule has 1 aliphatic heterocycles. The molecule has 0 bridgehead atoms. The third kappa shape index (κ3) is 5.27. The minimum absolute atomic E-state index is 0.352. The monoisotopic (exact) mass is 248 g/mol. The highest BCUT2D eigenvalue weighted by atomic mass is 32.2. The van der Waals surface area contributed by atoms with Crippen molar-refractivity contribution in [3.8, 4) is 0 Å². The Morgan fingerprint density at radius 1 is 1.31 bits per heavy atom. The van der Waals surface area contributed by atoms with Crippen molar-refractivity contribution in [1.82, 2.24) is 10.2 Å². The highest BCUT2D eigenvalue weighted by Crippen LogP contribution is 2.13. The minimum atomic E-state index is -2.73. The van der Waals surface area contributed by atoms with E-state index in [0.29, 0.717) is 23.6 Å². The fourth-order valence-corrected chi connectivity index (χ4v) is 3.49. The highest BCUT2D eigenvalue weighted by Gasteiger charge is 2.24. The minimum Gasteiger partial charge on any atom is -0.311 e. The van der Waals surface area contributed by atoms with E-state index in [4.69, 9.17) is 0 Å². The number of sulfone groups is 1. The second-order valence-corrected chi connectivity index (χ2v) is 7.39. The van der Waals surface area contributed by atoms with Gasteiger partial charge in [0.1, 0.15) is 9.84 Å². The summed E-state index contributed by atoms with van der Waals surface area (Å²) in [5.74, 6) is 0.704. The third-order valence-corrected chi connectivity index (χ3v) is 4.80. The van der Waals surface area contributed by atoms with Gasteiger partial charge in [-0.05, 0) is 46.8 Å². The maximum atomic E-state index is 11.3. The molecule has 0 radical (unpaired) electrons. The maximum absolute atomic E-state index is 11.3. The van der Waals surface area contributed by atoms with Crippen LogP contribution in [0, 0.1) is 0 Å². The van der Waals surface area contributed by atoms with Gasteiger partial charge in [-0.2, -0.15) is 0 Å². The van der Waals surface area contributed by atoms with Crippen LogP contribution in [0.4, 0.5) is 0 Å². The van der Waals surface area contributed by atoms with Gasteiger partial charge >= 0.3 is 0 Å². The molecular weight excluding hydrogens is 224 g/mol. The summed E-state index contributed by atoms with van der Waals surface area (Å²) in [6.45, 7) is 3.24. The van der Waals surface area contributed by atoms with Crippen molar-refractivity contribution in [2.24, 2.45) is 0 Å². The summed E-state index contributed by atoms with van der Waals surface area (Å²) < 4.78 is 22.5. The van der Waals surface area contributed by atoms with Crippen molar-refractivity contribution in [2.45, 2.75) is 38.3 Å². The second-order valence-electron chi connectivity index (χ2n) is 5.09. The summed E-state index contributed by atoms with van der Waals surface area (Å²) in [6.07, 6.45) is 2.65. The van der Waals surface area contributed by atoms with E-state index in [1.54, 1.807) is 0 Å². The first-order valence-electron chi connectivity index (χ1n) is 6.00. The molecule has 0 aromatic heterocycles. The molecule has 0 amide bonds. The molecule has 96 valence electrons. The molecule has 1 rings (SSSR count). The Hall–Kier alpha value is -0.130. The van der Waals surface area contributed by atoms with E-state index in [1.807, 2.05) is 0 Å². The number of hydrogen-bond donors (Lipinski definition) is 1. The SMILES string of the molecule is CC(CCN(C)C)NC1CCS(=O)(=O)CC1. The fraction of sp³-hybridized carbons (Fsp3) is 1.00. The van der Waals surface area contributed by atoms with Crippen LogP contribution in [0.3, 0.4) is 0 Å². The molecule has 4 nitrogen and oxygen atoms in total. The molecule has 0 aliphatic carbocycles. The van der Waals surface area contributed by atoms with Crippen LogP contribution in [-0.2, 0) is 9.84 Å². The lowest BCUT2D eigenvalue weighted by Gasteiger charge is -2.27. The number of hydrogen-bond acceptors (Lipinski definition) is 4. The molecule has 1 N–H and O–H groups in total. The predicted molar refractivity (Wildman–Crippen MR) is 67.4 cm³/mol. The Morgan fingerprint density at radius 3 is 2.38 bits per heavy atom. The van der Waals surface area contributed by atoms with Crippen LogP contribution >= 0.6 is 0 Å². The molecule has 16 heavy (non-hydrogen) atoms. The second kappa shape index (κ2) is 5.98. The van der Waals surface area contributed by atoms with Crippen LogP contribution in [0.5, 0.6) is 0 Å². The lowest BCUT2D eigenvalue weighted by molar-refractivity contribution is 0.340. The highest BCUT2D eigenvalue weighted by molar-refractivity contribution is 7.91. The van der Waals surface area contributed by atoms with Crippen LogP contribution < -0.4 is 5.32 Å². The van der Waals surface area contributed by atoms with Crippen molar-refractivity contribution in [2.75, 3.05) is 32.1 Å². The van der Waals surface area contributed by atoms with Crippen LogP contribution in [0.15, 0.2) is 0 Å². The first-order chi connectivity index (χ1) is 7.39. The molecule has 0 saturated carbocycles. The van der Waals surface area contributed by atoms with Gasteiger partial charge in [-0.3, -0.25) is 0 Å². The van der Waals surface area contributed by atoms with Gasteiger partial charge in [0, 0.05) is 12.1 Å². The molecule has 0 aromatic carbocycles. The largest absolute Gasteiger partial charge is 0.311 e. The molecule has 1 fully saturated rings. The standard InChI is InChI=1S/C11H24N2O2S/c1-10(4-7-13(2)3)12-11-5-8-16(14,15)9-6-11/h10-12H,4-9H2,1-3H3. The van der Waals surface area contributed by atoms with Gasteiger partial charge in [0.15, 0.2) is 0 Å². The van der Waals surface area contributed by atoms with Crippen LogP contribution in [0.1, 0.15) is 26.2 Å². The zero-order valence-electron chi connectivity index (χ0n) is 10.6. The van der Waals surface area contributed by atoms with Crippen molar-refractivity contribution in [3.63, 3.8) is 0 Å². The zero-order chi connectivity index (χ0) is 12.2. The molecule has 1 atom stereocenters. The van der Waals surface area contributed by atoms with E-state index in [-0.39, 0.29) is 0 Å². The molecule has 0 spiro atoms. The molecule has 0 aromatic rings. The van der Waals surface area contributed by atoms with Gasteiger partial charge in [-0.25, -0.2) is 8.42 Å². The lowest BCUT2D eigenvalue weighted by Crippen LogP contribution is -2.42. The first kappa shape index (κ1) is 13.9. The Morgan fingerprint density at radius 2 is 1.88 bits per heavy atom. The summed E-state index contributed by atoms with van der Waals surface area (Å²) in [6, 6.07) is 0.855. The zero-order valence-corrected chi connectivity index (χ0v) is 11.4. The molecule has 1 saturated heterocycles. The predicted octanol–water partition coefficient (Wildman–Crippen LogP) is 0.493. The van der Waals surface area contributed by atoms with E-state index in [2.05, 4.69) is 31.2 Å². The lowest BCUT2D eigenvalue weighted by atomic mass is 10.1.